The Morgan fingerprint density at radius 3 is 1.24 bits per heavy atom. The maximum absolute atomic E-state index is 2.41. The second-order valence-corrected chi connectivity index (χ2v) is 13.6. The molecule has 0 spiro atoms. The third kappa shape index (κ3) is 5.66. The van der Waals surface area contributed by atoms with Crippen molar-refractivity contribution in [2.75, 3.05) is 4.90 Å². The van der Waals surface area contributed by atoms with E-state index in [2.05, 4.69) is 205 Å². The molecule has 0 saturated carbocycles. The van der Waals surface area contributed by atoms with Gasteiger partial charge in [-0.3, -0.25) is 0 Å². The van der Waals surface area contributed by atoms with Gasteiger partial charge in [0.15, 0.2) is 0 Å². The number of fused-ring (bicyclic) bond motifs is 3. The van der Waals surface area contributed by atoms with Crippen LogP contribution in [0.25, 0.3) is 64.7 Å². The summed E-state index contributed by atoms with van der Waals surface area (Å²) in [5.41, 5.74) is 13.2. The van der Waals surface area contributed by atoms with E-state index < -0.39 is 0 Å². The van der Waals surface area contributed by atoms with Gasteiger partial charge in [0.2, 0.25) is 0 Å². The van der Waals surface area contributed by atoms with E-state index in [1.165, 1.54) is 70.4 Å². The quantitative estimate of drug-likeness (QED) is 0.165. The van der Waals surface area contributed by atoms with Crippen molar-refractivity contribution in [2.45, 2.75) is 0 Å². The van der Waals surface area contributed by atoms with Gasteiger partial charge < -0.3 is 4.90 Å². The highest BCUT2D eigenvalue weighted by Crippen LogP contribution is 2.47. The van der Waals surface area contributed by atoms with Crippen LogP contribution in [0.5, 0.6) is 0 Å². The Labute approximate surface area is 297 Å². The van der Waals surface area contributed by atoms with Gasteiger partial charge in [0, 0.05) is 26.8 Å². The topological polar surface area (TPSA) is 3.24 Å². The van der Waals surface area contributed by atoms with Crippen molar-refractivity contribution in [1.29, 1.82) is 0 Å². The molecule has 0 atom stereocenters. The van der Waals surface area contributed by atoms with Crippen LogP contribution in [0.2, 0.25) is 0 Å². The first-order valence-electron chi connectivity index (χ1n) is 17.0. The lowest BCUT2D eigenvalue weighted by Crippen LogP contribution is -2.10. The summed E-state index contributed by atoms with van der Waals surface area (Å²) < 4.78 is 2.58. The van der Waals surface area contributed by atoms with Crippen molar-refractivity contribution in [1.82, 2.24) is 0 Å². The molecule has 0 amide bonds. The Balaban J connectivity index is 1.09. The molecule has 1 aromatic heterocycles. The average molecular weight is 656 g/mol. The average Bonchev–Trinajstić information content (AvgIpc) is 3.58. The van der Waals surface area contributed by atoms with Crippen molar-refractivity contribution in [3.63, 3.8) is 0 Å². The molecule has 0 saturated heterocycles. The Kier molecular flexibility index (Phi) is 7.77. The Hall–Kier alpha value is -6.22. The summed E-state index contributed by atoms with van der Waals surface area (Å²) in [7, 11) is 0. The Bertz CT molecular complexity index is 2530. The first kappa shape index (κ1) is 29.9. The molecule has 0 aliphatic rings. The fraction of sp³-hybridized carbons (Fsp3) is 0. The van der Waals surface area contributed by atoms with Gasteiger partial charge in [0.25, 0.3) is 0 Å². The van der Waals surface area contributed by atoms with E-state index in [9.17, 15) is 0 Å². The third-order valence-electron chi connectivity index (χ3n) is 9.49. The summed E-state index contributed by atoms with van der Waals surface area (Å²) in [4.78, 5) is 2.41. The molecule has 9 rings (SSSR count). The minimum absolute atomic E-state index is 1.12. The number of nitrogens with zero attached hydrogens (tertiary/aromatic N) is 1. The van der Waals surface area contributed by atoms with E-state index in [4.69, 9.17) is 0 Å². The van der Waals surface area contributed by atoms with Crippen LogP contribution >= 0.6 is 11.3 Å². The highest BCUT2D eigenvalue weighted by Gasteiger charge is 2.20. The predicted molar refractivity (Wildman–Crippen MR) is 216 cm³/mol. The monoisotopic (exact) mass is 655 g/mol. The lowest BCUT2D eigenvalue weighted by atomic mass is 9.98. The van der Waals surface area contributed by atoms with Gasteiger partial charge in [-0.1, -0.05) is 158 Å². The Morgan fingerprint density at radius 2 is 0.700 bits per heavy atom. The van der Waals surface area contributed by atoms with Crippen LogP contribution in [-0.2, 0) is 0 Å². The zero-order valence-electron chi connectivity index (χ0n) is 27.4. The van der Waals surface area contributed by atoms with E-state index in [-0.39, 0.29) is 0 Å². The summed E-state index contributed by atoms with van der Waals surface area (Å²) in [6.07, 6.45) is 0. The van der Waals surface area contributed by atoms with Crippen LogP contribution in [0, 0.1) is 0 Å². The molecule has 0 bridgehead atoms. The van der Waals surface area contributed by atoms with E-state index in [1.54, 1.807) is 0 Å². The summed E-state index contributed by atoms with van der Waals surface area (Å²) in [5, 5.41) is 2.58. The van der Waals surface area contributed by atoms with E-state index in [1.807, 2.05) is 11.3 Å². The fourth-order valence-corrected chi connectivity index (χ4v) is 8.11. The third-order valence-corrected chi connectivity index (χ3v) is 10.7. The summed E-state index contributed by atoms with van der Waals surface area (Å²) in [6.45, 7) is 0. The van der Waals surface area contributed by atoms with E-state index >= 15 is 0 Å². The molecule has 0 fully saturated rings. The zero-order valence-corrected chi connectivity index (χ0v) is 28.2. The second kappa shape index (κ2) is 13.0. The number of para-hydroxylation sites is 1. The van der Waals surface area contributed by atoms with Gasteiger partial charge in [-0.05, 0) is 87.0 Å². The number of thiophene rings is 1. The molecule has 0 aliphatic heterocycles. The van der Waals surface area contributed by atoms with E-state index in [0.29, 0.717) is 0 Å². The lowest BCUT2D eigenvalue weighted by Gasteiger charge is -2.27. The number of hydrogen-bond acceptors (Lipinski definition) is 2. The van der Waals surface area contributed by atoms with Crippen molar-refractivity contribution < 1.29 is 0 Å². The Morgan fingerprint density at radius 1 is 0.300 bits per heavy atom. The van der Waals surface area contributed by atoms with Crippen LogP contribution < -0.4 is 4.90 Å². The van der Waals surface area contributed by atoms with Crippen molar-refractivity contribution in [3.8, 4) is 44.5 Å². The number of hydrogen-bond donors (Lipinski definition) is 0. The first-order valence-corrected chi connectivity index (χ1v) is 17.8. The molecule has 0 unspecified atom stereocenters. The summed E-state index contributed by atoms with van der Waals surface area (Å²) in [6, 6.07) is 72.2. The molecule has 8 aromatic carbocycles. The highest BCUT2D eigenvalue weighted by atomic mass is 32.1. The summed E-state index contributed by atoms with van der Waals surface area (Å²) >= 11 is 1.87. The van der Waals surface area contributed by atoms with Gasteiger partial charge in [0.05, 0.1) is 10.4 Å². The van der Waals surface area contributed by atoms with Crippen LogP contribution in [0.15, 0.2) is 200 Å². The lowest BCUT2D eigenvalue weighted by molar-refractivity contribution is 1.30. The van der Waals surface area contributed by atoms with Gasteiger partial charge in [0.1, 0.15) is 0 Å². The van der Waals surface area contributed by atoms with Crippen LogP contribution in [0.3, 0.4) is 0 Å². The first-order chi connectivity index (χ1) is 24.8. The molecule has 9 aromatic rings. The normalized spacial score (nSPS) is 11.2. The number of rotatable bonds is 7. The van der Waals surface area contributed by atoms with Crippen LogP contribution in [-0.4, -0.2) is 0 Å². The largest absolute Gasteiger partial charge is 0.309 e. The number of benzene rings is 8. The second-order valence-electron chi connectivity index (χ2n) is 12.6. The molecule has 0 N–H and O–H groups in total. The smallest absolute Gasteiger partial charge is 0.0646 e. The van der Waals surface area contributed by atoms with Gasteiger partial charge in [-0.25, -0.2) is 0 Å². The molecule has 2 heteroatoms. The molecular formula is C48H33NS. The van der Waals surface area contributed by atoms with Gasteiger partial charge in [-0.2, -0.15) is 0 Å². The van der Waals surface area contributed by atoms with Crippen LogP contribution in [0.1, 0.15) is 0 Å². The molecule has 0 aliphatic carbocycles. The molecule has 1 heterocycles. The standard InChI is InChI=1S/C48H33NS/c1-4-12-34(13-5-1)36-20-22-37(23-21-36)38-24-26-39(27-25-38)40-28-30-43(31-29-40)49(42-16-8-3-9-17-42)46-33-41(35-14-6-2-7-15-35)32-45-44-18-10-11-19-47(44)50-48(45)46/h1-33H. The SMILES string of the molecule is c1ccc(-c2ccc(-c3ccc(-c4ccc(N(c5ccccc5)c5cc(-c6ccccc6)cc6c5sc5ccccc56)cc4)cc3)cc2)cc1. The maximum atomic E-state index is 2.41. The zero-order chi connectivity index (χ0) is 33.3. The molecule has 50 heavy (non-hydrogen) atoms. The number of anilines is 3. The van der Waals surface area contributed by atoms with Crippen molar-refractivity contribution >= 4 is 48.6 Å². The minimum Gasteiger partial charge on any atom is -0.309 e. The van der Waals surface area contributed by atoms with Gasteiger partial charge in [-0.15, -0.1) is 11.3 Å². The van der Waals surface area contributed by atoms with E-state index in [0.717, 1.165) is 11.4 Å². The van der Waals surface area contributed by atoms with Crippen LogP contribution in [0.4, 0.5) is 17.1 Å². The fourth-order valence-electron chi connectivity index (χ4n) is 6.92. The molecule has 0 radical (unpaired) electrons. The molecule has 1 nitrogen and oxygen atoms in total. The maximum Gasteiger partial charge on any atom is 0.0646 e. The van der Waals surface area contributed by atoms with Crippen molar-refractivity contribution in [2.24, 2.45) is 0 Å². The molecular weight excluding hydrogens is 623 g/mol. The minimum atomic E-state index is 1.12. The predicted octanol–water partition coefficient (Wildman–Crippen LogP) is 14.2. The molecule has 236 valence electrons. The van der Waals surface area contributed by atoms with Crippen molar-refractivity contribution in [3.05, 3.63) is 200 Å². The van der Waals surface area contributed by atoms with Gasteiger partial charge >= 0.3 is 0 Å². The summed E-state index contributed by atoms with van der Waals surface area (Å²) in [5.74, 6) is 0. The highest BCUT2D eigenvalue weighted by molar-refractivity contribution is 7.26.